The van der Waals surface area contributed by atoms with E-state index in [-0.39, 0.29) is 36.6 Å². The number of hydrogen-bond donors (Lipinski definition) is 5. The zero-order chi connectivity index (χ0) is 33.2. The van der Waals surface area contributed by atoms with Crippen molar-refractivity contribution >= 4 is 30.9 Å². The number of esters is 2. The van der Waals surface area contributed by atoms with Gasteiger partial charge < -0.3 is 34.7 Å². The van der Waals surface area contributed by atoms with Gasteiger partial charge in [0.1, 0.15) is 55.9 Å². The van der Waals surface area contributed by atoms with Crippen LogP contribution in [0.5, 0.6) is 0 Å². The number of nitrogen functional groups attached to an aromatic ring is 1. The standard InChI is InChI=1S/C28H44N7O9P/c1-5-18(6-2)13-41-22(36)11-33-45(40,34-12-23(37)42-14-19(7-3)8-4)43-16-28(15-29)26(39)24(38)25(44-28)20-9-10-21-27(30)31-17-32-35(20)21/h9-10,17-19,24-26,38-39H,5-8,11-14,16H2,1-4H3,(H2,30,31,32)(H2,33,34,40)/t24-,25-,26-,28+/m0/s1. The Balaban J connectivity index is 1.75. The van der Waals surface area contributed by atoms with E-state index in [0.29, 0.717) is 5.52 Å². The van der Waals surface area contributed by atoms with Crippen LogP contribution in [-0.2, 0) is 32.9 Å². The third kappa shape index (κ3) is 8.98. The summed E-state index contributed by atoms with van der Waals surface area (Å²) in [5, 5.41) is 41.0. The lowest BCUT2D eigenvalue weighted by atomic mass is 9.96. The number of nitrogens with one attached hydrogen (secondary N) is 2. The van der Waals surface area contributed by atoms with E-state index in [4.69, 9.17) is 24.5 Å². The molecule has 1 fully saturated rings. The molecule has 0 aliphatic carbocycles. The summed E-state index contributed by atoms with van der Waals surface area (Å²) in [5.74, 6) is -0.942. The maximum absolute atomic E-state index is 13.8. The number of nitrogens with two attached hydrogens (primary N) is 1. The van der Waals surface area contributed by atoms with Crippen molar-refractivity contribution < 1.29 is 43.1 Å². The molecule has 2 aromatic rings. The van der Waals surface area contributed by atoms with E-state index in [1.54, 1.807) is 12.1 Å². The van der Waals surface area contributed by atoms with Crippen molar-refractivity contribution in [3.63, 3.8) is 0 Å². The fraction of sp³-hybridized carbons (Fsp3) is 0.679. The average Bonchev–Trinajstić information content (AvgIpc) is 3.58. The summed E-state index contributed by atoms with van der Waals surface area (Å²) in [6.45, 7) is 6.31. The van der Waals surface area contributed by atoms with Crippen LogP contribution in [0.15, 0.2) is 18.5 Å². The zero-order valence-corrected chi connectivity index (χ0v) is 26.9. The van der Waals surface area contributed by atoms with Gasteiger partial charge in [0.25, 0.3) is 0 Å². The number of aromatic nitrogens is 3. The summed E-state index contributed by atoms with van der Waals surface area (Å²) in [4.78, 5) is 28.8. The van der Waals surface area contributed by atoms with Crippen molar-refractivity contribution in [2.24, 2.45) is 11.8 Å². The molecule has 3 rings (SSSR count). The second-order valence-corrected chi connectivity index (χ2v) is 12.9. The lowest BCUT2D eigenvalue weighted by Crippen LogP contribution is -2.46. The zero-order valence-electron chi connectivity index (χ0n) is 26.0. The molecule has 250 valence electrons. The molecule has 16 nitrogen and oxygen atoms in total. The van der Waals surface area contributed by atoms with E-state index >= 15 is 0 Å². The topological polar surface area (TPSA) is 233 Å². The number of hydrogen-bond acceptors (Lipinski definition) is 13. The smallest absolute Gasteiger partial charge is 0.341 e. The lowest BCUT2D eigenvalue weighted by Gasteiger charge is -2.27. The molecule has 4 atom stereocenters. The highest BCUT2D eigenvalue weighted by molar-refractivity contribution is 7.54. The van der Waals surface area contributed by atoms with Crippen molar-refractivity contribution in [1.82, 2.24) is 24.8 Å². The number of nitriles is 1. The van der Waals surface area contributed by atoms with Crippen molar-refractivity contribution in [1.29, 1.82) is 5.26 Å². The molecule has 0 spiro atoms. The Labute approximate surface area is 262 Å². The third-order valence-electron chi connectivity index (χ3n) is 8.03. The SMILES string of the molecule is CCC(CC)COC(=O)CNP(=O)(NCC(=O)OCC(CC)CC)OC[C@@]1(C#N)O[C@@H](c2ccc3c(N)ncnn23)[C@H](O)[C@@H]1O. The summed E-state index contributed by atoms with van der Waals surface area (Å²) >= 11 is 0. The molecule has 2 aromatic heterocycles. The Morgan fingerprint density at radius 2 is 1.64 bits per heavy atom. The molecule has 45 heavy (non-hydrogen) atoms. The number of aliphatic hydroxyl groups excluding tert-OH is 2. The van der Waals surface area contributed by atoms with Crippen LogP contribution in [0.25, 0.3) is 5.52 Å². The van der Waals surface area contributed by atoms with Crippen molar-refractivity contribution in [3.05, 3.63) is 24.2 Å². The molecule has 17 heteroatoms. The summed E-state index contributed by atoms with van der Waals surface area (Å²) in [6.07, 6.45) is -0.268. The van der Waals surface area contributed by atoms with E-state index in [9.17, 15) is 29.6 Å². The largest absolute Gasteiger partial charge is 0.464 e. The molecule has 0 unspecified atom stereocenters. The highest BCUT2D eigenvalue weighted by Gasteiger charge is 2.57. The number of nitrogens with zero attached hydrogens (tertiary/aromatic N) is 4. The second-order valence-electron chi connectivity index (χ2n) is 10.9. The summed E-state index contributed by atoms with van der Waals surface area (Å²) in [5.41, 5.74) is 4.36. The van der Waals surface area contributed by atoms with Crippen LogP contribution in [0.1, 0.15) is 65.2 Å². The first-order chi connectivity index (χ1) is 21.5. The molecule has 1 aliphatic heterocycles. The summed E-state index contributed by atoms with van der Waals surface area (Å²) in [6, 6.07) is 4.95. The number of anilines is 1. The minimum Gasteiger partial charge on any atom is -0.464 e. The van der Waals surface area contributed by atoms with E-state index in [1.165, 1.54) is 10.8 Å². The van der Waals surface area contributed by atoms with Crippen LogP contribution in [0.3, 0.4) is 0 Å². The van der Waals surface area contributed by atoms with Crippen LogP contribution < -0.4 is 15.9 Å². The fourth-order valence-corrected chi connectivity index (χ4v) is 6.06. The van der Waals surface area contributed by atoms with Crippen LogP contribution in [-0.4, -0.2) is 87.5 Å². The molecule has 0 saturated carbocycles. The Morgan fingerprint density at radius 1 is 1.09 bits per heavy atom. The first-order valence-electron chi connectivity index (χ1n) is 15.1. The quantitative estimate of drug-likeness (QED) is 0.114. The van der Waals surface area contributed by atoms with Gasteiger partial charge in [-0.05, 0) is 24.0 Å². The monoisotopic (exact) mass is 653 g/mol. The molecule has 6 N–H and O–H groups in total. The van der Waals surface area contributed by atoms with Crippen molar-refractivity contribution in [2.45, 2.75) is 77.3 Å². The molecule has 1 aliphatic rings. The Hall–Kier alpha value is -3.16. The van der Waals surface area contributed by atoms with Crippen LogP contribution >= 0.6 is 7.67 Å². The van der Waals surface area contributed by atoms with E-state index < -0.39 is 63.2 Å². The maximum Gasteiger partial charge on any atom is 0.341 e. The first kappa shape index (κ1) is 36.3. The minimum atomic E-state index is -4.30. The highest BCUT2D eigenvalue weighted by atomic mass is 31.2. The van der Waals surface area contributed by atoms with Crippen LogP contribution in [0.4, 0.5) is 5.82 Å². The Kier molecular flexibility index (Phi) is 13.2. The van der Waals surface area contributed by atoms with Crippen LogP contribution in [0.2, 0.25) is 0 Å². The molecule has 0 aromatic carbocycles. The average molecular weight is 654 g/mol. The Bertz CT molecular complexity index is 1340. The van der Waals surface area contributed by atoms with Gasteiger partial charge in [-0.1, -0.05) is 53.4 Å². The second kappa shape index (κ2) is 16.4. The van der Waals surface area contributed by atoms with Gasteiger partial charge in [0.05, 0.1) is 18.9 Å². The minimum absolute atomic E-state index is 0.161. The highest BCUT2D eigenvalue weighted by Crippen LogP contribution is 2.44. The molecule has 3 heterocycles. The first-order valence-corrected chi connectivity index (χ1v) is 16.7. The van der Waals surface area contributed by atoms with E-state index in [2.05, 4.69) is 20.3 Å². The Morgan fingerprint density at radius 3 is 2.16 bits per heavy atom. The van der Waals surface area contributed by atoms with Gasteiger partial charge in [0.15, 0.2) is 5.82 Å². The van der Waals surface area contributed by atoms with Crippen LogP contribution in [0, 0.1) is 23.2 Å². The van der Waals surface area contributed by atoms with Gasteiger partial charge >= 0.3 is 19.6 Å². The summed E-state index contributed by atoms with van der Waals surface area (Å²) < 4.78 is 37.2. The van der Waals surface area contributed by atoms with Crippen molar-refractivity contribution in [2.75, 3.05) is 38.6 Å². The fourth-order valence-electron chi connectivity index (χ4n) is 4.72. The van der Waals surface area contributed by atoms with Gasteiger partial charge in [0.2, 0.25) is 5.60 Å². The van der Waals surface area contributed by atoms with Gasteiger partial charge in [-0.3, -0.25) is 14.2 Å². The maximum atomic E-state index is 13.8. The molecule has 0 amide bonds. The number of carbonyl (C=O) groups is 2. The molecular weight excluding hydrogens is 609 g/mol. The van der Waals surface area contributed by atoms with Gasteiger partial charge in [0, 0.05) is 0 Å². The molecule has 0 radical (unpaired) electrons. The van der Waals surface area contributed by atoms with Gasteiger partial charge in [-0.25, -0.2) is 19.7 Å². The number of fused-ring (bicyclic) bond motifs is 1. The van der Waals surface area contributed by atoms with E-state index in [1.807, 2.05) is 33.8 Å². The number of carbonyl (C=O) groups excluding carboxylic acids is 2. The number of ether oxygens (including phenoxy) is 3. The molecule has 1 saturated heterocycles. The van der Waals surface area contributed by atoms with Gasteiger partial charge in [-0.15, -0.1) is 0 Å². The summed E-state index contributed by atoms with van der Waals surface area (Å²) in [7, 11) is -4.30. The number of rotatable bonds is 18. The predicted octanol–water partition coefficient (Wildman–Crippen LogP) is 1.63. The normalized spacial score (nSPS) is 21.8. The number of aliphatic hydroxyl groups is 2. The lowest BCUT2D eigenvalue weighted by molar-refractivity contribution is -0.144. The van der Waals surface area contributed by atoms with E-state index in [0.717, 1.165) is 25.7 Å². The molecule has 0 bridgehead atoms. The third-order valence-corrected chi connectivity index (χ3v) is 9.68. The van der Waals surface area contributed by atoms with Gasteiger partial charge in [-0.2, -0.15) is 10.4 Å². The molecular formula is C28H44N7O9P. The predicted molar refractivity (Wildman–Crippen MR) is 161 cm³/mol. The van der Waals surface area contributed by atoms with Crippen molar-refractivity contribution in [3.8, 4) is 6.07 Å².